The molecule has 1 atom stereocenters. The van der Waals surface area contributed by atoms with Crippen molar-refractivity contribution in [2.75, 3.05) is 6.61 Å². The van der Waals surface area contributed by atoms with Crippen LogP contribution in [0.1, 0.15) is 119 Å². The van der Waals surface area contributed by atoms with Gasteiger partial charge in [0.05, 0.1) is 23.8 Å². The van der Waals surface area contributed by atoms with Gasteiger partial charge in [-0.2, -0.15) is 0 Å². The molecule has 0 saturated heterocycles. The lowest BCUT2D eigenvalue weighted by atomic mass is 9.96. The van der Waals surface area contributed by atoms with Crippen LogP contribution in [-0.4, -0.2) is 24.6 Å². The second kappa shape index (κ2) is 18.9. The average Bonchev–Trinajstić information content (AvgIpc) is 3.03. The Morgan fingerprint density at radius 2 is 1.30 bits per heavy atom. The molecule has 0 amide bonds. The summed E-state index contributed by atoms with van der Waals surface area (Å²) in [6.07, 6.45) is 12.3. The maximum atomic E-state index is 14.8. The molecule has 5 nitrogen and oxygen atoms in total. The van der Waals surface area contributed by atoms with Crippen LogP contribution in [0.25, 0.3) is 11.1 Å². The van der Waals surface area contributed by atoms with Crippen LogP contribution in [0.4, 0.5) is 4.39 Å². The Morgan fingerprint density at radius 3 is 1.91 bits per heavy atom. The fourth-order valence-electron chi connectivity index (χ4n) is 5.15. The molecule has 3 rings (SSSR count). The molecule has 0 aliphatic carbocycles. The molecule has 0 aliphatic heterocycles. The van der Waals surface area contributed by atoms with Gasteiger partial charge in [-0.15, -0.1) is 0 Å². The number of hydrogen-bond donors (Lipinski definition) is 0. The number of carbonyl (C=O) groups is 2. The van der Waals surface area contributed by atoms with Gasteiger partial charge in [0.1, 0.15) is 17.3 Å². The van der Waals surface area contributed by atoms with Crippen molar-refractivity contribution < 1.29 is 28.2 Å². The molecule has 0 spiro atoms. The third-order valence-corrected chi connectivity index (χ3v) is 8.14. The van der Waals surface area contributed by atoms with Crippen molar-refractivity contribution in [2.45, 2.75) is 104 Å². The third kappa shape index (κ3) is 11.4. The highest BCUT2D eigenvalue weighted by Gasteiger charge is 2.19. The second-order valence-electron chi connectivity index (χ2n) is 11.6. The first-order valence-electron chi connectivity index (χ1n) is 16.4. The van der Waals surface area contributed by atoms with Gasteiger partial charge >= 0.3 is 11.9 Å². The Kier molecular flexibility index (Phi) is 14.9. The van der Waals surface area contributed by atoms with E-state index in [4.69, 9.17) is 14.2 Å². The molecular formula is C38H49FO5. The van der Waals surface area contributed by atoms with Gasteiger partial charge in [0.15, 0.2) is 0 Å². The van der Waals surface area contributed by atoms with Gasteiger partial charge in [-0.1, -0.05) is 96.4 Å². The summed E-state index contributed by atoms with van der Waals surface area (Å²) in [5.41, 5.74) is 2.10. The number of benzene rings is 3. The molecule has 0 N–H and O–H groups in total. The molecule has 3 aromatic rings. The molecule has 3 aromatic carbocycles. The van der Waals surface area contributed by atoms with Gasteiger partial charge in [0.2, 0.25) is 0 Å². The lowest BCUT2D eigenvalue weighted by Gasteiger charge is -2.17. The standard InChI is InChI=1S/C38H49FO5/c1-5-8-9-10-11-12-13-26-42-33-22-20-31(21-23-33)30-16-18-32(19-17-30)37(40)44-34-24-25-35(36(39)27-34)38(41)43-28(4)14-15-29(6-2)7-3/h16-25,27-29H,5-15,26H2,1-4H3/t28-/m1/s1. The Balaban J connectivity index is 1.47. The maximum Gasteiger partial charge on any atom is 0.343 e. The minimum absolute atomic E-state index is 0.0157. The summed E-state index contributed by atoms with van der Waals surface area (Å²) in [5.74, 6) is -0.678. The number of halogens is 1. The molecule has 0 unspecified atom stereocenters. The predicted octanol–water partition coefficient (Wildman–Crippen LogP) is 10.6. The molecule has 0 radical (unpaired) electrons. The van der Waals surface area contributed by atoms with Crippen LogP contribution in [0.5, 0.6) is 11.5 Å². The van der Waals surface area contributed by atoms with Crippen LogP contribution in [0.15, 0.2) is 66.7 Å². The van der Waals surface area contributed by atoms with Crippen molar-refractivity contribution in [1.82, 2.24) is 0 Å². The fraction of sp³-hybridized carbons (Fsp3) is 0.474. The molecule has 0 saturated carbocycles. The van der Waals surface area contributed by atoms with E-state index < -0.39 is 17.8 Å². The number of unbranched alkanes of at least 4 members (excludes halogenated alkanes) is 6. The summed E-state index contributed by atoms with van der Waals surface area (Å²) in [5, 5.41) is 0. The first-order chi connectivity index (χ1) is 21.3. The summed E-state index contributed by atoms with van der Waals surface area (Å²) >= 11 is 0. The quantitative estimate of drug-likeness (QED) is 0.0774. The molecule has 6 heteroatoms. The fourth-order valence-corrected chi connectivity index (χ4v) is 5.15. The van der Waals surface area contributed by atoms with Crippen molar-refractivity contribution in [3.05, 3.63) is 83.7 Å². The van der Waals surface area contributed by atoms with E-state index in [9.17, 15) is 14.0 Å². The Labute approximate surface area is 263 Å². The Hall–Kier alpha value is -3.67. The zero-order chi connectivity index (χ0) is 31.7. The van der Waals surface area contributed by atoms with Crippen molar-refractivity contribution in [3.8, 4) is 22.6 Å². The Bertz CT molecular complexity index is 1280. The SMILES string of the molecule is CCCCCCCCCOc1ccc(-c2ccc(C(=O)Oc3ccc(C(=O)O[C@H](C)CCC(CC)CC)c(F)c3)cc2)cc1. The molecular weight excluding hydrogens is 555 g/mol. The molecule has 0 bridgehead atoms. The van der Waals surface area contributed by atoms with Crippen LogP contribution >= 0.6 is 0 Å². The van der Waals surface area contributed by atoms with E-state index in [0.717, 1.165) is 61.7 Å². The molecule has 0 heterocycles. The summed E-state index contributed by atoms with van der Waals surface area (Å²) in [6, 6.07) is 18.7. The van der Waals surface area contributed by atoms with E-state index in [2.05, 4.69) is 20.8 Å². The maximum absolute atomic E-state index is 14.8. The zero-order valence-electron chi connectivity index (χ0n) is 26.9. The topological polar surface area (TPSA) is 61.8 Å². The van der Waals surface area contributed by atoms with Crippen LogP contribution in [0, 0.1) is 11.7 Å². The molecule has 44 heavy (non-hydrogen) atoms. The van der Waals surface area contributed by atoms with Gasteiger partial charge in [-0.25, -0.2) is 14.0 Å². The molecule has 0 aliphatic rings. The largest absolute Gasteiger partial charge is 0.494 e. The zero-order valence-corrected chi connectivity index (χ0v) is 26.9. The van der Waals surface area contributed by atoms with Gasteiger partial charge < -0.3 is 14.2 Å². The highest BCUT2D eigenvalue weighted by Crippen LogP contribution is 2.25. The van der Waals surface area contributed by atoms with Crippen molar-refractivity contribution in [1.29, 1.82) is 0 Å². The molecule has 0 aromatic heterocycles. The predicted molar refractivity (Wildman–Crippen MR) is 175 cm³/mol. The second-order valence-corrected chi connectivity index (χ2v) is 11.6. The van der Waals surface area contributed by atoms with Crippen molar-refractivity contribution in [2.24, 2.45) is 5.92 Å². The van der Waals surface area contributed by atoms with E-state index >= 15 is 0 Å². The monoisotopic (exact) mass is 604 g/mol. The van der Waals surface area contributed by atoms with Crippen LogP contribution < -0.4 is 9.47 Å². The van der Waals surface area contributed by atoms with Crippen molar-refractivity contribution in [3.63, 3.8) is 0 Å². The van der Waals surface area contributed by atoms with Gasteiger partial charge in [0.25, 0.3) is 0 Å². The highest BCUT2D eigenvalue weighted by atomic mass is 19.1. The highest BCUT2D eigenvalue weighted by molar-refractivity contribution is 5.92. The van der Waals surface area contributed by atoms with Crippen LogP contribution in [0.2, 0.25) is 0 Å². The average molecular weight is 605 g/mol. The van der Waals surface area contributed by atoms with Crippen molar-refractivity contribution >= 4 is 11.9 Å². The number of carbonyl (C=O) groups excluding carboxylic acids is 2. The first kappa shape index (κ1) is 34.8. The lowest BCUT2D eigenvalue weighted by Crippen LogP contribution is -2.17. The first-order valence-corrected chi connectivity index (χ1v) is 16.4. The smallest absolute Gasteiger partial charge is 0.343 e. The number of ether oxygens (including phenoxy) is 3. The Morgan fingerprint density at radius 1 is 0.705 bits per heavy atom. The van der Waals surface area contributed by atoms with Gasteiger partial charge in [-0.3, -0.25) is 0 Å². The van der Waals surface area contributed by atoms with E-state index in [0.29, 0.717) is 11.5 Å². The van der Waals surface area contributed by atoms with Gasteiger partial charge in [0, 0.05) is 6.07 Å². The molecule has 238 valence electrons. The minimum atomic E-state index is -0.794. The van der Waals surface area contributed by atoms with Gasteiger partial charge in [-0.05, 0) is 79.6 Å². The van der Waals surface area contributed by atoms with Crippen LogP contribution in [-0.2, 0) is 4.74 Å². The molecule has 0 fully saturated rings. The summed E-state index contributed by atoms with van der Waals surface area (Å²) in [6.45, 7) is 9.08. The van der Waals surface area contributed by atoms with E-state index in [1.807, 2.05) is 43.3 Å². The lowest BCUT2D eigenvalue weighted by molar-refractivity contribution is 0.0305. The summed E-state index contributed by atoms with van der Waals surface area (Å²) < 4.78 is 31.5. The van der Waals surface area contributed by atoms with E-state index in [1.165, 1.54) is 50.7 Å². The number of hydrogen-bond acceptors (Lipinski definition) is 5. The van der Waals surface area contributed by atoms with E-state index in [-0.39, 0.29) is 17.4 Å². The number of rotatable bonds is 19. The number of esters is 2. The van der Waals surface area contributed by atoms with Crippen LogP contribution in [0.3, 0.4) is 0 Å². The third-order valence-electron chi connectivity index (χ3n) is 8.14. The normalized spacial score (nSPS) is 11.8. The minimum Gasteiger partial charge on any atom is -0.494 e. The summed E-state index contributed by atoms with van der Waals surface area (Å²) in [4.78, 5) is 25.2. The van der Waals surface area contributed by atoms with E-state index in [1.54, 1.807) is 12.1 Å². The summed E-state index contributed by atoms with van der Waals surface area (Å²) in [7, 11) is 0.